The summed E-state index contributed by atoms with van der Waals surface area (Å²) in [7, 11) is 3.29. The van der Waals surface area contributed by atoms with Gasteiger partial charge >= 0.3 is 0 Å². The minimum absolute atomic E-state index is 0.150. The number of Topliss-reactive ketones (excluding diaryl/α,β-unsaturated/α-hetero) is 1. The number of benzene rings is 1. The number of ether oxygens (including phenoxy) is 1. The molecule has 0 radical (unpaired) electrons. The van der Waals surface area contributed by atoms with Gasteiger partial charge in [0.25, 0.3) is 0 Å². The first-order valence-electron chi connectivity index (χ1n) is 9.31. The van der Waals surface area contributed by atoms with Crippen LogP contribution in [0, 0.1) is 5.92 Å². The highest BCUT2D eigenvalue weighted by atomic mass is 35.5. The molecule has 28 heavy (non-hydrogen) atoms. The van der Waals surface area contributed by atoms with Crippen molar-refractivity contribution in [3.05, 3.63) is 52.4 Å². The smallest absolute Gasteiger partial charge is 0.160 e. The topological polar surface area (TPSA) is 63.7 Å². The van der Waals surface area contributed by atoms with Crippen LogP contribution >= 0.6 is 11.6 Å². The van der Waals surface area contributed by atoms with Crippen molar-refractivity contribution in [3.8, 4) is 0 Å². The Morgan fingerprint density at radius 1 is 1.32 bits per heavy atom. The molecule has 2 rings (SSSR count). The number of ketones is 1. The fourth-order valence-corrected chi connectivity index (χ4v) is 3.49. The van der Waals surface area contributed by atoms with Crippen molar-refractivity contribution in [1.29, 1.82) is 0 Å². The molecule has 150 valence electrons. The van der Waals surface area contributed by atoms with Crippen molar-refractivity contribution < 1.29 is 19.1 Å². The summed E-state index contributed by atoms with van der Waals surface area (Å²) < 4.78 is 5.53. The van der Waals surface area contributed by atoms with Gasteiger partial charge in [0.15, 0.2) is 5.78 Å². The van der Waals surface area contributed by atoms with Gasteiger partial charge in [0.2, 0.25) is 0 Å². The number of allylic oxidation sites excluding steroid dienone is 2. The first-order valence-corrected chi connectivity index (χ1v) is 9.68. The predicted molar refractivity (Wildman–Crippen MR) is 110 cm³/mol. The van der Waals surface area contributed by atoms with E-state index in [1.807, 2.05) is 0 Å². The van der Waals surface area contributed by atoms with Crippen molar-refractivity contribution in [2.75, 3.05) is 14.2 Å². The van der Waals surface area contributed by atoms with E-state index in [4.69, 9.17) is 16.3 Å². The highest BCUT2D eigenvalue weighted by Gasteiger charge is 2.24. The van der Waals surface area contributed by atoms with Gasteiger partial charge in [-0.25, -0.2) is 0 Å². The maximum Gasteiger partial charge on any atom is 0.160 e. The van der Waals surface area contributed by atoms with Gasteiger partial charge in [0, 0.05) is 29.4 Å². The van der Waals surface area contributed by atoms with E-state index in [1.54, 1.807) is 36.3 Å². The maximum absolute atomic E-state index is 12.1. The lowest BCUT2D eigenvalue weighted by atomic mass is 9.81. The minimum atomic E-state index is -0.278. The molecule has 0 amide bonds. The molecule has 0 heterocycles. The van der Waals surface area contributed by atoms with Crippen LogP contribution in [0.5, 0.6) is 0 Å². The Morgan fingerprint density at radius 3 is 2.54 bits per heavy atom. The molecule has 1 saturated carbocycles. The van der Waals surface area contributed by atoms with E-state index in [2.05, 4.69) is 0 Å². The molecule has 0 spiro atoms. The number of hydrogen-bond acceptors (Lipinski definition) is 5. The first kappa shape index (κ1) is 21.9. The van der Waals surface area contributed by atoms with E-state index >= 15 is 0 Å². The second kappa shape index (κ2) is 10.2. The number of aldehydes is 2. The number of likely N-dealkylation sites (N-methyl/N-ethyl adjacent to an activating group) is 1. The van der Waals surface area contributed by atoms with Gasteiger partial charge in [-0.3, -0.25) is 9.59 Å². The van der Waals surface area contributed by atoms with E-state index < -0.39 is 0 Å². The Kier molecular flexibility index (Phi) is 8.00. The molecule has 0 bridgehead atoms. The number of hydrogen-bond donors (Lipinski definition) is 0. The van der Waals surface area contributed by atoms with Gasteiger partial charge < -0.3 is 14.4 Å². The highest BCUT2D eigenvalue weighted by molar-refractivity contribution is 6.31. The van der Waals surface area contributed by atoms with E-state index in [1.165, 1.54) is 26.5 Å². The zero-order valence-electron chi connectivity index (χ0n) is 16.5. The highest BCUT2D eigenvalue weighted by Crippen LogP contribution is 2.32. The summed E-state index contributed by atoms with van der Waals surface area (Å²) in [6, 6.07) is 4.61. The summed E-state index contributed by atoms with van der Waals surface area (Å²) in [5.74, 6) is 0.794. The summed E-state index contributed by atoms with van der Waals surface area (Å²) >= 11 is 6.13. The summed E-state index contributed by atoms with van der Waals surface area (Å²) in [6.07, 6.45) is 8.91. The molecule has 1 aromatic carbocycles. The van der Waals surface area contributed by atoms with Gasteiger partial charge in [0.05, 0.1) is 13.2 Å². The van der Waals surface area contributed by atoms with Crippen LogP contribution in [-0.2, 0) is 14.3 Å². The van der Waals surface area contributed by atoms with Crippen LogP contribution in [0.1, 0.15) is 48.5 Å². The largest absolute Gasteiger partial charge is 0.495 e. The van der Waals surface area contributed by atoms with Crippen molar-refractivity contribution in [3.63, 3.8) is 0 Å². The zero-order valence-corrected chi connectivity index (χ0v) is 17.2. The Morgan fingerprint density at radius 2 is 2.04 bits per heavy atom. The van der Waals surface area contributed by atoms with Crippen molar-refractivity contribution in [2.24, 2.45) is 5.92 Å². The Labute approximate surface area is 171 Å². The van der Waals surface area contributed by atoms with Crippen molar-refractivity contribution >= 4 is 35.5 Å². The Hall–Kier alpha value is -2.40. The molecule has 6 heteroatoms. The standard InChI is InChI=1S/C22H26ClNO4/c1-15(27)19-8-7-17(23)12-21(19)20(9-10-25)22(28-3)13-24(2)18(14-26)11-16-5-4-6-16/h7-10,12-14,16,18H,4-6,11H2,1-3H3/b20-9-,22-13+. The minimum Gasteiger partial charge on any atom is -0.495 e. The molecule has 0 saturated heterocycles. The van der Waals surface area contributed by atoms with Crippen LogP contribution in [0.15, 0.2) is 36.2 Å². The fraction of sp³-hybridized carbons (Fsp3) is 0.409. The lowest BCUT2D eigenvalue weighted by molar-refractivity contribution is -0.112. The van der Waals surface area contributed by atoms with Gasteiger partial charge in [-0.2, -0.15) is 0 Å². The Bertz CT molecular complexity index is 796. The Balaban J connectivity index is 2.42. The fourth-order valence-electron chi connectivity index (χ4n) is 3.32. The lowest BCUT2D eigenvalue weighted by Gasteiger charge is -2.31. The molecule has 1 atom stereocenters. The number of halogens is 1. The third kappa shape index (κ3) is 5.32. The summed E-state index contributed by atoms with van der Waals surface area (Å²) in [6.45, 7) is 1.45. The van der Waals surface area contributed by atoms with Gasteiger partial charge in [-0.15, -0.1) is 0 Å². The number of methoxy groups -OCH3 is 1. The first-order chi connectivity index (χ1) is 13.4. The molecule has 5 nitrogen and oxygen atoms in total. The normalized spacial score (nSPS) is 16.1. The monoisotopic (exact) mass is 403 g/mol. The summed E-state index contributed by atoms with van der Waals surface area (Å²) in [5, 5.41) is 0.441. The third-order valence-corrected chi connectivity index (χ3v) is 5.41. The van der Waals surface area contributed by atoms with Crippen LogP contribution in [0.25, 0.3) is 5.57 Å². The van der Waals surface area contributed by atoms with Crippen molar-refractivity contribution in [2.45, 2.75) is 38.6 Å². The van der Waals surface area contributed by atoms with Crippen LogP contribution in [0.4, 0.5) is 0 Å². The lowest BCUT2D eigenvalue weighted by Crippen LogP contribution is -2.33. The number of carbonyl (C=O) groups is 3. The predicted octanol–water partition coefficient (Wildman–Crippen LogP) is 4.30. The van der Waals surface area contributed by atoms with E-state index in [0.29, 0.717) is 39.7 Å². The summed E-state index contributed by atoms with van der Waals surface area (Å²) in [5.41, 5.74) is 1.38. The molecule has 0 aliphatic heterocycles. The molecule has 1 fully saturated rings. The molecule has 1 unspecified atom stereocenters. The molecule has 1 aliphatic rings. The van der Waals surface area contributed by atoms with Crippen LogP contribution in [0.2, 0.25) is 5.02 Å². The maximum atomic E-state index is 12.1. The number of carbonyl (C=O) groups excluding carboxylic acids is 3. The molecule has 1 aromatic rings. The molecule has 1 aliphatic carbocycles. The number of rotatable bonds is 10. The van der Waals surface area contributed by atoms with E-state index in [0.717, 1.165) is 25.5 Å². The molecular formula is C22H26ClNO4. The summed E-state index contributed by atoms with van der Waals surface area (Å²) in [4.78, 5) is 36.7. The van der Waals surface area contributed by atoms with Gasteiger partial charge in [0.1, 0.15) is 18.3 Å². The van der Waals surface area contributed by atoms with Gasteiger partial charge in [-0.05, 0) is 49.1 Å². The van der Waals surface area contributed by atoms with E-state index in [9.17, 15) is 14.4 Å². The van der Waals surface area contributed by atoms with Crippen LogP contribution in [-0.4, -0.2) is 43.5 Å². The average molecular weight is 404 g/mol. The average Bonchev–Trinajstić information content (AvgIpc) is 2.63. The zero-order chi connectivity index (χ0) is 20.7. The second-order valence-electron chi connectivity index (χ2n) is 7.06. The van der Waals surface area contributed by atoms with Gasteiger partial charge in [-0.1, -0.05) is 30.9 Å². The van der Waals surface area contributed by atoms with Crippen molar-refractivity contribution in [1.82, 2.24) is 4.90 Å². The number of nitrogens with zero attached hydrogens (tertiary/aromatic N) is 1. The molecular weight excluding hydrogens is 378 g/mol. The second-order valence-corrected chi connectivity index (χ2v) is 7.50. The third-order valence-electron chi connectivity index (χ3n) is 5.17. The quantitative estimate of drug-likeness (QED) is 0.191. The van der Waals surface area contributed by atoms with E-state index in [-0.39, 0.29) is 11.8 Å². The van der Waals surface area contributed by atoms with Crippen LogP contribution < -0.4 is 0 Å². The molecule has 0 N–H and O–H groups in total. The van der Waals surface area contributed by atoms with Crippen LogP contribution in [0.3, 0.4) is 0 Å². The SMILES string of the molecule is COC(=C/N(C)C(C=O)CC1CCC1)/C(=C\C=O)c1cc(Cl)ccc1C(C)=O. The molecule has 0 aromatic heterocycles.